The van der Waals surface area contributed by atoms with Gasteiger partial charge in [-0.05, 0) is 16.8 Å². The van der Waals surface area contributed by atoms with Crippen molar-refractivity contribution in [2.45, 2.75) is 12.1 Å². The highest BCUT2D eigenvalue weighted by Gasteiger charge is 2.28. The molecule has 0 saturated carbocycles. The minimum Gasteiger partial charge on any atom is -0.378 e. The number of hydrogen-bond donors (Lipinski definition) is 2. The summed E-state index contributed by atoms with van der Waals surface area (Å²) < 4.78 is 5.37. The van der Waals surface area contributed by atoms with Crippen LogP contribution in [-0.2, 0) is 4.74 Å². The predicted octanol–water partition coefficient (Wildman–Crippen LogP) is 1.56. The van der Waals surface area contributed by atoms with E-state index >= 15 is 0 Å². The van der Waals surface area contributed by atoms with Gasteiger partial charge in [-0.2, -0.15) is 0 Å². The number of amides is 1. The van der Waals surface area contributed by atoms with E-state index < -0.39 is 0 Å². The molecule has 1 saturated heterocycles. The highest BCUT2D eigenvalue weighted by Crippen LogP contribution is 2.18. The summed E-state index contributed by atoms with van der Waals surface area (Å²) in [4.78, 5) is 12.5. The fraction of sp³-hybridized carbons (Fsp3) is 0.312. The van der Waals surface area contributed by atoms with Crippen LogP contribution in [-0.4, -0.2) is 38.3 Å². The molecule has 0 radical (unpaired) electrons. The monoisotopic (exact) mass is 270 g/mol. The zero-order chi connectivity index (χ0) is 13.9. The molecular weight excluding hydrogens is 252 g/mol. The highest BCUT2D eigenvalue weighted by molar-refractivity contribution is 6.07. The Bertz CT molecular complexity index is 621. The molecule has 104 valence electrons. The van der Waals surface area contributed by atoms with Gasteiger partial charge in [0.15, 0.2) is 0 Å². The number of hydrogen-bond acceptors (Lipinski definition) is 3. The normalized spacial score (nSPS) is 22.1. The molecule has 4 heteroatoms. The lowest BCUT2D eigenvalue weighted by Crippen LogP contribution is -2.43. The quantitative estimate of drug-likeness (QED) is 0.890. The standard InChI is InChI=1S/C16H18N2O2/c1-20-15-10-17-9-14(15)18-16(19)13-8-4-6-11-5-2-3-7-12(11)13/h2-8,14-15,17H,9-10H2,1H3,(H,18,19)/t14?,15-/m0/s1. The van der Waals surface area contributed by atoms with E-state index in [1.54, 1.807) is 7.11 Å². The molecule has 1 aliphatic rings. The van der Waals surface area contributed by atoms with Crippen LogP contribution in [0.5, 0.6) is 0 Å². The highest BCUT2D eigenvalue weighted by atomic mass is 16.5. The molecule has 1 fully saturated rings. The molecule has 3 rings (SSSR count). The predicted molar refractivity (Wildman–Crippen MR) is 78.9 cm³/mol. The molecule has 0 aromatic heterocycles. The van der Waals surface area contributed by atoms with Crippen molar-refractivity contribution in [3.05, 3.63) is 48.0 Å². The molecular formula is C16H18N2O2. The summed E-state index contributed by atoms with van der Waals surface area (Å²) in [6.07, 6.45) is 0.0360. The van der Waals surface area contributed by atoms with Gasteiger partial charge in [-0.1, -0.05) is 36.4 Å². The molecule has 1 aliphatic heterocycles. The summed E-state index contributed by atoms with van der Waals surface area (Å²) in [7, 11) is 1.68. The smallest absolute Gasteiger partial charge is 0.252 e. The maximum atomic E-state index is 12.5. The van der Waals surface area contributed by atoms with Gasteiger partial charge >= 0.3 is 0 Å². The summed E-state index contributed by atoms with van der Waals surface area (Å²) in [6.45, 7) is 1.52. The Morgan fingerprint density at radius 1 is 1.20 bits per heavy atom. The summed E-state index contributed by atoms with van der Waals surface area (Å²) >= 11 is 0. The molecule has 0 bridgehead atoms. The first-order valence-corrected chi connectivity index (χ1v) is 6.82. The van der Waals surface area contributed by atoms with Crippen LogP contribution in [0.1, 0.15) is 10.4 Å². The van der Waals surface area contributed by atoms with E-state index in [-0.39, 0.29) is 18.1 Å². The van der Waals surface area contributed by atoms with Gasteiger partial charge in [-0.25, -0.2) is 0 Å². The Morgan fingerprint density at radius 2 is 2.00 bits per heavy atom. The number of benzene rings is 2. The fourth-order valence-corrected chi connectivity index (χ4v) is 2.72. The fourth-order valence-electron chi connectivity index (χ4n) is 2.72. The molecule has 1 unspecified atom stereocenters. The Labute approximate surface area is 118 Å². The Balaban J connectivity index is 1.86. The van der Waals surface area contributed by atoms with Gasteiger partial charge < -0.3 is 15.4 Å². The van der Waals surface area contributed by atoms with Crippen molar-refractivity contribution in [2.75, 3.05) is 20.2 Å². The minimum atomic E-state index is -0.0439. The van der Waals surface area contributed by atoms with E-state index in [9.17, 15) is 4.79 Å². The second kappa shape index (κ2) is 5.61. The van der Waals surface area contributed by atoms with Gasteiger partial charge in [-0.15, -0.1) is 0 Å². The first-order valence-electron chi connectivity index (χ1n) is 6.82. The molecule has 0 spiro atoms. The van der Waals surface area contributed by atoms with Crippen molar-refractivity contribution in [2.24, 2.45) is 0 Å². The third-order valence-electron chi connectivity index (χ3n) is 3.81. The largest absolute Gasteiger partial charge is 0.378 e. The van der Waals surface area contributed by atoms with Crippen LogP contribution in [0.15, 0.2) is 42.5 Å². The van der Waals surface area contributed by atoms with E-state index in [0.29, 0.717) is 5.56 Å². The van der Waals surface area contributed by atoms with E-state index in [4.69, 9.17) is 4.74 Å². The molecule has 4 nitrogen and oxygen atoms in total. The molecule has 20 heavy (non-hydrogen) atoms. The third kappa shape index (κ3) is 2.40. The lowest BCUT2D eigenvalue weighted by atomic mass is 10.0. The summed E-state index contributed by atoms with van der Waals surface area (Å²) in [6, 6.07) is 13.7. The third-order valence-corrected chi connectivity index (χ3v) is 3.81. The van der Waals surface area contributed by atoms with Crippen LogP contribution < -0.4 is 10.6 Å². The summed E-state index contributed by atoms with van der Waals surface area (Å²) in [5.41, 5.74) is 0.713. The zero-order valence-corrected chi connectivity index (χ0v) is 11.4. The van der Waals surface area contributed by atoms with Gasteiger partial charge in [0.05, 0.1) is 12.1 Å². The number of methoxy groups -OCH3 is 1. The van der Waals surface area contributed by atoms with Gasteiger partial charge in [-0.3, -0.25) is 4.79 Å². The number of rotatable bonds is 3. The molecule has 2 N–H and O–H groups in total. The number of carbonyl (C=O) groups is 1. The summed E-state index contributed by atoms with van der Waals surface area (Å²) in [5.74, 6) is -0.0439. The second-order valence-electron chi connectivity index (χ2n) is 5.04. The number of ether oxygens (including phenoxy) is 1. The van der Waals surface area contributed by atoms with Crippen molar-refractivity contribution in [1.29, 1.82) is 0 Å². The van der Waals surface area contributed by atoms with Crippen LogP contribution >= 0.6 is 0 Å². The maximum Gasteiger partial charge on any atom is 0.252 e. The maximum absolute atomic E-state index is 12.5. The number of fused-ring (bicyclic) bond motifs is 1. The van der Waals surface area contributed by atoms with Crippen molar-refractivity contribution in [3.63, 3.8) is 0 Å². The molecule has 2 aromatic carbocycles. The minimum absolute atomic E-state index is 0.0199. The van der Waals surface area contributed by atoms with Crippen LogP contribution in [0.2, 0.25) is 0 Å². The first kappa shape index (κ1) is 13.1. The summed E-state index contributed by atoms with van der Waals surface area (Å²) in [5, 5.41) is 8.35. The van der Waals surface area contributed by atoms with Crippen molar-refractivity contribution in [1.82, 2.24) is 10.6 Å². The zero-order valence-electron chi connectivity index (χ0n) is 11.4. The molecule has 1 amide bonds. The van der Waals surface area contributed by atoms with E-state index in [0.717, 1.165) is 23.9 Å². The van der Waals surface area contributed by atoms with Crippen LogP contribution in [0.3, 0.4) is 0 Å². The van der Waals surface area contributed by atoms with Crippen LogP contribution in [0.25, 0.3) is 10.8 Å². The molecule has 1 heterocycles. The average Bonchev–Trinajstić information content (AvgIpc) is 2.93. The molecule has 2 atom stereocenters. The van der Waals surface area contributed by atoms with Gasteiger partial charge in [0.1, 0.15) is 0 Å². The van der Waals surface area contributed by atoms with E-state index in [1.807, 2.05) is 42.5 Å². The van der Waals surface area contributed by atoms with E-state index in [2.05, 4.69) is 10.6 Å². The second-order valence-corrected chi connectivity index (χ2v) is 5.04. The average molecular weight is 270 g/mol. The van der Waals surface area contributed by atoms with Gasteiger partial charge in [0.2, 0.25) is 0 Å². The Morgan fingerprint density at radius 3 is 2.85 bits per heavy atom. The SMILES string of the molecule is CO[C@H]1CNCC1NC(=O)c1cccc2ccccc12. The van der Waals surface area contributed by atoms with Gasteiger partial charge in [0.25, 0.3) is 5.91 Å². The molecule has 2 aromatic rings. The number of carbonyl (C=O) groups excluding carboxylic acids is 1. The topological polar surface area (TPSA) is 50.4 Å². The lowest BCUT2D eigenvalue weighted by molar-refractivity contribution is 0.0781. The van der Waals surface area contributed by atoms with Gasteiger partial charge in [0, 0.05) is 25.8 Å². The first-order chi connectivity index (χ1) is 9.79. The van der Waals surface area contributed by atoms with Crippen LogP contribution in [0.4, 0.5) is 0 Å². The van der Waals surface area contributed by atoms with E-state index in [1.165, 1.54) is 0 Å². The molecule has 0 aliphatic carbocycles. The van der Waals surface area contributed by atoms with Crippen molar-refractivity contribution in [3.8, 4) is 0 Å². The van der Waals surface area contributed by atoms with Crippen molar-refractivity contribution < 1.29 is 9.53 Å². The Hall–Kier alpha value is -1.91. The Kier molecular flexibility index (Phi) is 3.67. The van der Waals surface area contributed by atoms with Crippen LogP contribution in [0, 0.1) is 0 Å². The lowest BCUT2D eigenvalue weighted by Gasteiger charge is -2.19. The number of nitrogens with one attached hydrogen (secondary N) is 2. The van der Waals surface area contributed by atoms with Crippen molar-refractivity contribution >= 4 is 16.7 Å².